The maximum absolute atomic E-state index is 12.5. The quantitative estimate of drug-likeness (QED) is 0.367. The number of aromatic amines is 1. The minimum Gasteiger partial charge on any atom is -0.360 e. The van der Waals surface area contributed by atoms with E-state index in [1.54, 1.807) is 12.4 Å². The summed E-state index contributed by atoms with van der Waals surface area (Å²) in [5.41, 5.74) is 3.25. The molecule has 8 nitrogen and oxygen atoms in total. The minimum absolute atomic E-state index is 0.321. The SMILES string of the molecule is CC(C)(NC(=O)Nc1cccc(Nc2nccc(-c3ccc[nH]3)n2)c1)c1ccccn1. The van der Waals surface area contributed by atoms with Crippen LogP contribution >= 0.6 is 0 Å². The van der Waals surface area contributed by atoms with Crippen molar-refractivity contribution in [3.05, 3.63) is 84.9 Å². The number of nitrogens with zero attached hydrogens (tertiary/aromatic N) is 3. The van der Waals surface area contributed by atoms with Crippen LogP contribution in [0.15, 0.2) is 79.3 Å². The summed E-state index contributed by atoms with van der Waals surface area (Å²) in [6.07, 6.45) is 5.25. The van der Waals surface area contributed by atoms with Crippen LogP contribution in [0.4, 0.5) is 22.1 Å². The first kappa shape index (κ1) is 20.1. The van der Waals surface area contributed by atoms with Crippen LogP contribution in [-0.4, -0.2) is 26.0 Å². The average Bonchev–Trinajstić information content (AvgIpc) is 3.29. The van der Waals surface area contributed by atoms with Crippen molar-refractivity contribution in [2.45, 2.75) is 19.4 Å². The van der Waals surface area contributed by atoms with Crippen LogP contribution in [0.1, 0.15) is 19.5 Å². The average molecular weight is 413 g/mol. The fourth-order valence-electron chi connectivity index (χ4n) is 3.11. The number of amides is 2. The lowest BCUT2D eigenvalue weighted by atomic mass is 10.0. The molecule has 0 aliphatic rings. The molecule has 0 bridgehead atoms. The number of hydrogen-bond acceptors (Lipinski definition) is 5. The maximum atomic E-state index is 12.5. The van der Waals surface area contributed by atoms with Gasteiger partial charge in [-0.1, -0.05) is 12.1 Å². The van der Waals surface area contributed by atoms with E-state index in [-0.39, 0.29) is 6.03 Å². The molecule has 0 atom stereocenters. The molecule has 0 aliphatic carbocycles. The lowest BCUT2D eigenvalue weighted by molar-refractivity contribution is 0.241. The standard InChI is InChI=1S/C23H23N7O/c1-23(2,20-10-3-4-12-25-20)30-22(31)28-17-8-5-7-16(15-17)27-21-26-14-11-19(29-21)18-9-6-13-24-18/h3-15,24H,1-2H3,(H,26,27,29)(H2,28,30,31). The highest BCUT2D eigenvalue weighted by Gasteiger charge is 2.24. The fraction of sp³-hybridized carbons (Fsp3) is 0.130. The zero-order valence-electron chi connectivity index (χ0n) is 17.3. The van der Waals surface area contributed by atoms with Crippen molar-refractivity contribution in [3.8, 4) is 11.4 Å². The summed E-state index contributed by atoms with van der Waals surface area (Å²) in [6, 6.07) is 18.4. The summed E-state index contributed by atoms with van der Waals surface area (Å²) >= 11 is 0. The molecule has 3 heterocycles. The van der Waals surface area contributed by atoms with Crippen molar-refractivity contribution in [2.24, 2.45) is 0 Å². The van der Waals surface area contributed by atoms with Crippen molar-refractivity contribution >= 4 is 23.4 Å². The molecule has 31 heavy (non-hydrogen) atoms. The van der Waals surface area contributed by atoms with Crippen LogP contribution in [0.5, 0.6) is 0 Å². The Morgan fingerprint density at radius 2 is 1.81 bits per heavy atom. The van der Waals surface area contributed by atoms with E-state index in [9.17, 15) is 4.79 Å². The number of aromatic nitrogens is 4. The summed E-state index contributed by atoms with van der Waals surface area (Å²) in [5.74, 6) is 0.463. The number of urea groups is 1. The Morgan fingerprint density at radius 3 is 2.58 bits per heavy atom. The molecule has 156 valence electrons. The topological polar surface area (TPSA) is 108 Å². The lowest BCUT2D eigenvalue weighted by Crippen LogP contribution is -2.43. The molecule has 4 aromatic rings. The highest BCUT2D eigenvalue weighted by molar-refractivity contribution is 5.90. The molecule has 0 fully saturated rings. The van der Waals surface area contributed by atoms with Gasteiger partial charge in [0.2, 0.25) is 5.95 Å². The van der Waals surface area contributed by atoms with Crippen molar-refractivity contribution in [3.63, 3.8) is 0 Å². The molecular weight excluding hydrogens is 390 g/mol. The lowest BCUT2D eigenvalue weighted by Gasteiger charge is -2.25. The van der Waals surface area contributed by atoms with Gasteiger partial charge >= 0.3 is 6.03 Å². The molecule has 0 unspecified atom stereocenters. The molecule has 2 amide bonds. The van der Waals surface area contributed by atoms with Crippen LogP contribution in [-0.2, 0) is 5.54 Å². The second-order valence-electron chi connectivity index (χ2n) is 7.47. The van der Waals surface area contributed by atoms with E-state index in [1.165, 1.54) is 0 Å². The number of pyridine rings is 1. The van der Waals surface area contributed by atoms with Gasteiger partial charge in [0.05, 0.1) is 22.6 Å². The van der Waals surface area contributed by atoms with E-state index >= 15 is 0 Å². The number of carbonyl (C=O) groups is 1. The third-order valence-corrected chi connectivity index (χ3v) is 4.64. The zero-order valence-corrected chi connectivity index (χ0v) is 17.3. The van der Waals surface area contributed by atoms with Gasteiger partial charge in [-0.05, 0) is 62.4 Å². The second-order valence-corrected chi connectivity index (χ2v) is 7.47. The third-order valence-electron chi connectivity index (χ3n) is 4.64. The highest BCUT2D eigenvalue weighted by atomic mass is 16.2. The van der Waals surface area contributed by atoms with Gasteiger partial charge in [-0.15, -0.1) is 0 Å². The van der Waals surface area contributed by atoms with Gasteiger partial charge in [-0.2, -0.15) is 0 Å². The number of rotatable bonds is 6. The maximum Gasteiger partial charge on any atom is 0.319 e. The number of H-pyrrole nitrogens is 1. The molecule has 0 aliphatic heterocycles. The van der Waals surface area contributed by atoms with Crippen molar-refractivity contribution < 1.29 is 4.79 Å². The molecule has 4 rings (SSSR count). The summed E-state index contributed by atoms with van der Waals surface area (Å²) in [7, 11) is 0. The summed E-state index contributed by atoms with van der Waals surface area (Å²) in [6.45, 7) is 3.81. The van der Waals surface area contributed by atoms with Gasteiger partial charge in [0.1, 0.15) is 0 Å². The predicted octanol–water partition coefficient (Wildman–Crippen LogP) is 4.67. The van der Waals surface area contributed by atoms with E-state index in [2.05, 4.69) is 35.9 Å². The Labute approximate surface area is 180 Å². The number of nitrogens with one attached hydrogen (secondary N) is 4. The van der Waals surface area contributed by atoms with Gasteiger partial charge in [0.15, 0.2) is 0 Å². The summed E-state index contributed by atoms with van der Waals surface area (Å²) < 4.78 is 0. The molecule has 1 aromatic carbocycles. The van der Waals surface area contributed by atoms with Gasteiger partial charge in [-0.25, -0.2) is 14.8 Å². The fourth-order valence-corrected chi connectivity index (χ4v) is 3.11. The monoisotopic (exact) mass is 413 g/mol. The van der Waals surface area contributed by atoms with Crippen LogP contribution < -0.4 is 16.0 Å². The smallest absolute Gasteiger partial charge is 0.319 e. The first-order valence-corrected chi connectivity index (χ1v) is 9.84. The molecule has 8 heteroatoms. The predicted molar refractivity (Wildman–Crippen MR) is 121 cm³/mol. The van der Waals surface area contributed by atoms with E-state index in [0.717, 1.165) is 22.8 Å². The van der Waals surface area contributed by atoms with E-state index in [0.29, 0.717) is 11.6 Å². The van der Waals surface area contributed by atoms with Crippen LogP contribution in [0, 0.1) is 0 Å². The van der Waals surface area contributed by atoms with E-state index < -0.39 is 5.54 Å². The molecule has 0 saturated heterocycles. The largest absolute Gasteiger partial charge is 0.360 e. The van der Waals surface area contributed by atoms with E-state index in [1.807, 2.05) is 80.7 Å². The molecule has 4 N–H and O–H groups in total. The van der Waals surface area contributed by atoms with Gasteiger partial charge in [0.25, 0.3) is 0 Å². The number of anilines is 3. The normalized spacial score (nSPS) is 11.0. The third kappa shape index (κ3) is 5.05. The first-order valence-electron chi connectivity index (χ1n) is 9.84. The number of carbonyl (C=O) groups excluding carboxylic acids is 1. The molecular formula is C23H23N7O. The summed E-state index contributed by atoms with van der Waals surface area (Å²) in [5, 5.41) is 8.99. The Kier molecular flexibility index (Phi) is 5.61. The Balaban J connectivity index is 1.43. The molecule has 0 radical (unpaired) electrons. The van der Waals surface area contributed by atoms with Gasteiger partial charge in [-0.3, -0.25) is 4.98 Å². The van der Waals surface area contributed by atoms with Crippen molar-refractivity contribution in [1.82, 2.24) is 25.3 Å². The van der Waals surface area contributed by atoms with Crippen LogP contribution in [0.3, 0.4) is 0 Å². The van der Waals surface area contributed by atoms with Crippen molar-refractivity contribution in [2.75, 3.05) is 10.6 Å². The first-order chi connectivity index (χ1) is 15.0. The zero-order chi connectivity index (χ0) is 21.7. The minimum atomic E-state index is -0.618. The molecule has 0 saturated carbocycles. The molecule has 0 spiro atoms. The second kappa shape index (κ2) is 8.66. The van der Waals surface area contributed by atoms with Crippen molar-refractivity contribution in [1.29, 1.82) is 0 Å². The highest BCUT2D eigenvalue weighted by Crippen LogP contribution is 2.21. The van der Waals surface area contributed by atoms with Crippen LogP contribution in [0.2, 0.25) is 0 Å². The summed E-state index contributed by atoms with van der Waals surface area (Å²) in [4.78, 5) is 28.8. The molecule has 3 aromatic heterocycles. The number of benzene rings is 1. The van der Waals surface area contributed by atoms with Crippen LogP contribution in [0.25, 0.3) is 11.4 Å². The van der Waals surface area contributed by atoms with Gasteiger partial charge in [0, 0.05) is 30.0 Å². The number of hydrogen-bond donors (Lipinski definition) is 4. The Morgan fingerprint density at radius 1 is 0.935 bits per heavy atom. The van der Waals surface area contributed by atoms with E-state index in [4.69, 9.17) is 0 Å². The van der Waals surface area contributed by atoms with Gasteiger partial charge < -0.3 is 20.9 Å². The Bertz CT molecular complexity index is 1160. The Hall–Kier alpha value is -4.20.